The molecule has 6 rings (SSSR count). The van der Waals surface area contributed by atoms with Crippen LogP contribution in [0.2, 0.25) is 0 Å². The summed E-state index contributed by atoms with van der Waals surface area (Å²) in [6, 6.07) is 37.6. The Kier molecular flexibility index (Phi) is 20.5. The minimum absolute atomic E-state index is 0.173. The number of hydrogen-bond acceptors (Lipinski definition) is 13. The van der Waals surface area contributed by atoms with Gasteiger partial charge in [0.05, 0.1) is 16.9 Å². The lowest BCUT2D eigenvalue weighted by Gasteiger charge is -2.26. The van der Waals surface area contributed by atoms with Crippen LogP contribution in [-0.4, -0.2) is 68.7 Å². The van der Waals surface area contributed by atoms with Crippen LogP contribution in [0.5, 0.6) is 28.7 Å². The number of benzene rings is 6. The van der Waals surface area contributed by atoms with Gasteiger partial charge in [-0.25, -0.2) is 8.42 Å². The third-order valence-corrected chi connectivity index (χ3v) is 17.9. The largest absolute Gasteiger partial charge is 0.497 e. The summed E-state index contributed by atoms with van der Waals surface area (Å²) in [5, 5.41) is 2.76. The van der Waals surface area contributed by atoms with Crippen molar-refractivity contribution in [2.24, 2.45) is 0 Å². The van der Waals surface area contributed by atoms with Crippen LogP contribution in [0.3, 0.4) is 0 Å². The molecule has 0 aliphatic rings. The van der Waals surface area contributed by atoms with Gasteiger partial charge in [0, 0.05) is 37.0 Å². The van der Waals surface area contributed by atoms with Crippen molar-refractivity contribution >= 4 is 30.1 Å². The minimum Gasteiger partial charge on any atom is -0.497 e. The smallest absolute Gasteiger partial charge is 0.316 e. The Bertz CT molecular complexity index is 3160. The fourth-order valence-corrected chi connectivity index (χ4v) is 12.2. The molecule has 0 spiro atoms. The number of methoxy groups -OCH3 is 1. The minimum atomic E-state index is -4.76. The van der Waals surface area contributed by atoms with Crippen molar-refractivity contribution < 1.29 is 48.0 Å². The van der Waals surface area contributed by atoms with Crippen molar-refractivity contribution in [1.29, 1.82) is 0 Å². The molecular formula is C60H76N2O11S3. The van der Waals surface area contributed by atoms with Crippen molar-refractivity contribution in [2.45, 2.75) is 144 Å². The van der Waals surface area contributed by atoms with Crippen LogP contribution < -0.4 is 14.2 Å². The van der Waals surface area contributed by atoms with Crippen LogP contribution >= 0.6 is 0 Å². The molecule has 0 aromatic heterocycles. The lowest BCUT2D eigenvalue weighted by molar-refractivity contribution is -0.0535. The maximum Gasteiger partial charge on any atom is 0.316 e. The van der Waals surface area contributed by atoms with Gasteiger partial charge in [-0.15, -0.1) is 0 Å². The van der Waals surface area contributed by atoms with E-state index in [-0.39, 0.29) is 22.7 Å². The SMILES string of the molecule is CCCCN(CCCC)OS(=O)(=O)c1cc(S(=O)(=O)c2ccc(Oc3ccc(C(C)(C)c4ccc(OC)cc4)cc3)c(S(=O)(=O)ON(CCCC)CCCC)c2)ccc1Oc1ccc(C(C)(C)c2ccc(C)cc2)cc1. The van der Waals surface area contributed by atoms with Gasteiger partial charge in [-0.05, 0) is 128 Å². The number of sulfone groups is 1. The van der Waals surface area contributed by atoms with Crippen molar-refractivity contribution in [2.75, 3.05) is 33.3 Å². The molecule has 0 N–H and O–H groups in total. The predicted molar refractivity (Wildman–Crippen MR) is 299 cm³/mol. The monoisotopic (exact) mass is 1100 g/mol. The predicted octanol–water partition coefficient (Wildman–Crippen LogP) is 14.1. The Morgan fingerprint density at radius 1 is 0.421 bits per heavy atom. The van der Waals surface area contributed by atoms with Crippen LogP contribution in [0.1, 0.15) is 135 Å². The summed E-state index contributed by atoms with van der Waals surface area (Å²) in [7, 11) is -12.6. The van der Waals surface area contributed by atoms with Gasteiger partial charge in [0.15, 0.2) is 0 Å². The number of unbranched alkanes of at least 4 members (excludes halogenated alkanes) is 4. The molecule has 0 amide bonds. The molecule has 6 aromatic rings. The van der Waals surface area contributed by atoms with Gasteiger partial charge in [-0.2, -0.15) is 35.5 Å². The summed E-state index contributed by atoms with van der Waals surface area (Å²) < 4.78 is 117. The highest BCUT2D eigenvalue weighted by Gasteiger charge is 2.33. The van der Waals surface area contributed by atoms with E-state index in [9.17, 15) is 25.3 Å². The molecule has 0 aliphatic carbocycles. The van der Waals surface area contributed by atoms with Gasteiger partial charge in [0.25, 0.3) is 0 Å². The zero-order valence-corrected chi connectivity index (χ0v) is 48.2. The highest BCUT2D eigenvalue weighted by Crippen LogP contribution is 2.40. The molecule has 0 heterocycles. The number of hydrogen-bond donors (Lipinski definition) is 0. The first-order valence-electron chi connectivity index (χ1n) is 26.3. The zero-order valence-electron chi connectivity index (χ0n) is 45.8. The molecule has 0 saturated carbocycles. The van der Waals surface area contributed by atoms with Crippen molar-refractivity contribution in [3.63, 3.8) is 0 Å². The summed E-state index contributed by atoms with van der Waals surface area (Å²) in [4.78, 5) is -1.98. The molecule has 0 aliphatic heterocycles. The van der Waals surface area contributed by atoms with Crippen LogP contribution in [-0.2, 0) is 49.5 Å². The molecule has 0 saturated heterocycles. The topological polar surface area (TPSA) is 155 Å². The van der Waals surface area contributed by atoms with Crippen molar-refractivity contribution in [3.8, 4) is 28.7 Å². The molecule has 16 heteroatoms. The first kappa shape index (κ1) is 59.7. The highest BCUT2D eigenvalue weighted by molar-refractivity contribution is 7.91. The van der Waals surface area contributed by atoms with Gasteiger partial charge < -0.3 is 14.2 Å². The van der Waals surface area contributed by atoms with Gasteiger partial charge in [0.1, 0.15) is 38.5 Å². The van der Waals surface area contributed by atoms with Crippen LogP contribution in [0.4, 0.5) is 0 Å². The fourth-order valence-electron chi connectivity index (χ4n) is 8.52. The van der Waals surface area contributed by atoms with E-state index in [2.05, 4.69) is 52.0 Å². The van der Waals surface area contributed by atoms with Crippen LogP contribution in [0.15, 0.2) is 153 Å². The van der Waals surface area contributed by atoms with Gasteiger partial charge in [0.2, 0.25) is 9.84 Å². The Morgan fingerprint density at radius 3 is 1.03 bits per heavy atom. The normalized spacial score (nSPS) is 12.6. The highest BCUT2D eigenvalue weighted by atomic mass is 32.2. The van der Waals surface area contributed by atoms with Gasteiger partial charge in [-0.1, -0.05) is 147 Å². The first-order chi connectivity index (χ1) is 36.1. The number of nitrogens with zero attached hydrogens (tertiary/aromatic N) is 2. The Hall–Kier alpha value is -5.59. The third kappa shape index (κ3) is 14.9. The molecule has 0 atom stereocenters. The van der Waals surface area contributed by atoms with E-state index >= 15 is 0 Å². The van der Waals surface area contributed by atoms with E-state index in [0.717, 1.165) is 71.4 Å². The quantitative estimate of drug-likeness (QED) is 0.0410. The molecule has 6 aromatic carbocycles. The molecule has 13 nitrogen and oxygen atoms in total. The summed E-state index contributed by atoms with van der Waals surface area (Å²) in [5.41, 5.74) is 4.46. The van der Waals surface area contributed by atoms with Crippen LogP contribution in [0.25, 0.3) is 0 Å². The second-order valence-corrected chi connectivity index (χ2v) is 25.1. The van der Waals surface area contributed by atoms with Gasteiger partial charge in [-0.3, -0.25) is 0 Å². The zero-order chi connectivity index (χ0) is 55.3. The summed E-state index contributed by atoms with van der Waals surface area (Å²) in [5.74, 6) is 0.979. The summed E-state index contributed by atoms with van der Waals surface area (Å²) >= 11 is 0. The first-order valence-corrected chi connectivity index (χ1v) is 30.6. The standard InChI is InChI=1S/C60H76N2O11S3/c1-11-15-39-61(40-16-12-2)72-75(65,66)57-43-53(35-37-55(57)70-51-31-25-48(26-32-51)59(6,7)46-21-19-45(5)20-22-46)74(63,64)54-36-38-56(58(44-54)76(67,68)73-62(41-17-13-3)42-18-14-4)71-52-33-27-49(28-34-52)60(8,9)47-23-29-50(69-10)30-24-47/h19-38,43-44H,11-18,39-42H2,1-10H3. The molecule has 0 fully saturated rings. The van der Waals surface area contributed by atoms with E-state index in [1.165, 1.54) is 34.4 Å². The molecular weight excluding hydrogens is 1020 g/mol. The Labute approximate surface area is 453 Å². The van der Waals surface area contributed by atoms with E-state index in [1.807, 2.05) is 83.1 Å². The van der Waals surface area contributed by atoms with E-state index in [1.54, 1.807) is 31.4 Å². The second kappa shape index (κ2) is 26.2. The number of hydroxylamine groups is 4. The number of rotatable bonds is 29. The Balaban J connectivity index is 1.42. The number of ether oxygens (including phenoxy) is 3. The Morgan fingerprint density at radius 2 is 0.724 bits per heavy atom. The summed E-state index contributed by atoms with van der Waals surface area (Å²) in [6.07, 6.45) is 5.72. The average molecular weight is 1100 g/mol. The van der Waals surface area contributed by atoms with E-state index in [0.29, 0.717) is 57.6 Å². The van der Waals surface area contributed by atoms with E-state index < -0.39 is 55.1 Å². The van der Waals surface area contributed by atoms with Crippen molar-refractivity contribution in [1.82, 2.24) is 10.1 Å². The van der Waals surface area contributed by atoms with Gasteiger partial charge >= 0.3 is 20.2 Å². The molecule has 76 heavy (non-hydrogen) atoms. The molecule has 0 radical (unpaired) electrons. The summed E-state index contributed by atoms with van der Waals surface area (Å²) in [6.45, 7) is 19.6. The lowest BCUT2D eigenvalue weighted by atomic mass is 9.78. The lowest BCUT2D eigenvalue weighted by Crippen LogP contribution is -2.30. The number of aryl methyl sites for hydroxylation is 1. The fraction of sp³-hybridized carbons (Fsp3) is 0.400. The average Bonchev–Trinajstić information content (AvgIpc) is 3.42. The third-order valence-electron chi connectivity index (χ3n) is 13.6. The second-order valence-electron chi connectivity index (χ2n) is 20.1. The molecule has 0 bridgehead atoms. The maximum atomic E-state index is 14.9. The maximum absolute atomic E-state index is 14.9. The molecule has 410 valence electrons. The van der Waals surface area contributed by atoms with Crippen molar-refractivity contribution in [3.05, 3.63) is 161 Å². The van der Waals surface area contributed by atoms with Crippen LogP contribution in [0, 0.1) is 6.92 Å². The van der Waals surface area contributed by atoms with E-state index in [4.69, 9.17) is 22.8 Å². The molecule has 0 unspecified atom stereocenters.